The van der Waals surface area contributed by atoms with Crippen molar-refractivity contribution in [3.63, 3.8) is 0 Å². The molecule has 46 heavy (non-hydrogen) atoms. The molecule has 0 N–H and O–H groups in total. The zero-order valence-electron chi connectivity index (χ0n) is 28.9. The smallest absolute Gasteiger partial charge is 1.00 e. The molecular formula is C43H48Cl2Zr. The monoisotopic (exact) mass is 724 g/mol. The van der Waals surface area contributed by atoms with Crippen molar-refractivity contribution in [1.29, 1.82) is 0 Å². The quantitative estimate of drug-likeness (QED) is 0.251. The number of benzene rings is 4. The normalized spacial score (nSPS) is 16.2. The van der Waals surface area contributed by atoms with E-state index in [9.17, 15) is 0 Å². The van der Waals surface area contributed by atoms with E-state index >= 15 is 0 Å². The molecule has 3 heteroatoms. The van der Waals surface area contributed by atoms with Gasteiger partial charge in [-0.05, 0) is 0 Å². The first-order valence-electron chi connectivity index (χ1n) is 16.5. The topological polar surface area (TPSA) is 0 Å². The van der Waals surface area contributed by atoms with Crippen LogP contribution in [0.5, 0.6) is 0 Å². The van der Waals surface area contributed by atoms with Gasteiger partial charge >= 0.3 is 276 Å². The van der Waals surface area contributed by atoms with E-state index in [4.69, 9.17) is 0 Å². The zero-order valence-corrected chi connectivity index (χ0v) is 32.9. The minimum atomic E-state index is -2.66. The van der Waals surface area contributed by atoms with E-state index in [2.05, 4.69) is 165 Å². The van der Waals surface area contributed by atoms with Gasteiger partial charge in [-0.15, -0.1) is 0 Å². The van der Waals surface area contributed by atoms with Gasteiger partial charge in [-0.3, -0.25) is 0 Å². The van der Waals surface area contributed by atoms with E-state index in [-0.39, 0.29) is 35.6 Å². The number of fused-ring (bicyclic) bond motifs is 3. The summed E-state index contributed by atoms with van der Waals surface area (Å²) >= 11 is -2.66. The van der Waals surface area contributed by atoms with Gasteiger partial charge in [0.2, 0.25) is 0 Å². The maximum atomic E-state index is 2.57. The van der Waals surface area contributed by atoms with E-state index in [1.54, 1.807) is 17.6 Å². The van der Waals surface area contributed by atoms with Crippen LogP contribution in [-0.2, 0) is 32.1 Å². The van der Waals surface area contributed by atoms with Gasteiger partial charge in [0, 0.05) is 0 Å². The molecule has 6 rings (SSSR count). The molecule has 2 aliphatic carbocycles. The van der Waals surface area contributed by atoms with Crippen LogP contribution in [0, 0.1) is 5.92 Å². The van der Waals surface area contributed by atoms with E-state index in [1.807, 2.05) is 0 Å². The molecule has 0 heterocycles. The summed E-state index contributed by atoms with van der Waals surface area (Å²) in [6.07, 6.45) is 3.67. The van der Waals surface area contributed by atoms with Crippen LogP contribution in [0.4, 0.5) is 0 Å². The van der Waals surface area contributed by atoms with Gasteiger partial charge in [0.05, 0.1) is 0 Å². The molecule has 0 amide bonds. The Morgan fingerprint density at radius 2 is 1.15 bits per heavy atom. The fraction of sp³-hybridized carbons (Fsp3) is 0.326. The first kappa shape index (κ1) is 36.5. The van der Waals surface area contributed by atoms with Gasteiger partial charge in [-0.1, -0.05) is 0 Å². The molecule has 0 fully saturated rings. The van der Waals surface area contributed by atoms with Gasteiger partial charge in [0.25, 0.3) is 0 Å². The summed E-state index contributed by atoms with van der Waals surface area (Å²) in [4.78, 5) is 0. The molecule has 0 nitrogen and oxygen atoms in total. The molecule has 0 aromatic heterocycles. The molecule has 0 bridgehead atoms. The minimum Gasteiger partial charge on any atom is -1.00 e. The van der Waals surface area contributed by atoms with Gasteiger partial charge in [-0.25, -0.2) is 0 Å². The SMILES string of the molecule is CC/[C](c1ccccc1)=[Zr+2](\[C]1=C(C)C(c2ccccc2)=CC1C)[CH]1c2ccc(C(C)(C)C)cc2-c2cc(C(C)(C)C)ccc21.[Cl-].[Cl-]. The van der Waals surface area contributed by atoms with Crippen molar-refractivity contribution in [2.75, 3.05) is 0 Å². The molecular weight excluding hydrogens is 679 g/mol. The van der Waals surface area contributed by atoms with E-state index in [0.717, 1.165) is 6.42 Å². The average molecular weight is 727 g/mol. The van der Waals surface area contributed by atoms with Crippen LogP contribution < -0.4 is 24.8 Å². The molecule has 0 saturated carbocycles. The van der Waals surface area contributed by atoms with Gasteiger partial charge < -0.3 is 24.8 Å². The molecule has 0 spiro atoms. The molecule has 0 saturated heterocycles. The van der Waals surface area contributed by atoms with Crippen LogP contribution >= 0.6 is 0 Å². The molecule has 4 aromatic rings. The van der Waals surface area contributed by atoms with Crippen molar-refractivity contribution in [2.24, 2.45) is 5.92 Å². The van der Waals surface area contributed by atoms with Crippen molar-refractivity contribution < 1.29 is 46.1 Å². The van der Waals surface area contributed by atoms with E-state index < -0.39 is 21.3 Å². The molecule has 4 aromatic carbocycles. The van der Waals surface area contributed by atoms with Gasteiger partial charge in [-0.2, -0.15) is 0 Å². The Labute approximate surface area is 298 Å². The maximum absolute atomic E-state index is 2.66. The van der Waals surface area contributed by atoms with Crippen molar-refractivity contribution in [2.45, 2.75) is 83.2 Å². The average Bonchev–Trinajstić information content (AvgIpc) is 3.48. The van der Waals surface area contributed by atoms with Gasteiger partial charge in [0.1, 0.15) is 0 Å². The molecule has 2 aliphatic rings. The number of hydrogen-bond donors (Lipinski definition) is 0. The van der Waals surface area contributed by atoms with Crippen LogP contribution in [0.15, 0.2) is 112 Å². The van der Waals surface area contributed by atoms with Crippen LogP contribution in [0.25, 0.3) is 16.7 Å². The summed E-state index contributed by atoms with van der Waals surface area (Å²) in [6.45, 7) is 21.4. The third-order valence-corrected chi connectivity index (χ3v) is 19.5. The Morgan fingerprint density at radius 1 is 0.674 bits per heavy atom. The van der Waals surface area contributed by atoms with Crippen molar-refractivity contribution in [1.82, 2.24) is 0 Å². The summed E-state index contributed by atoms with van der Waals surface area (Å²) in [6, 6.07) is 37.5. The second kappa shape index (κ2) is 14.0. The predicted molar refractivity (Wildman–Crippen MR) is 188 cm³/mol. The maximum Gasteiger partial charge on any atom is -1.00 e. The Kier molecular flexibility index (Phi) is 11.2. The van der Waals surface area contributed by atoms with E-state index in [0.29, 0.717) is 9.54 Å². The summed E-state index contributed by atoms with van der Waals surface area (Å²) in [7, 11) is 0. The predicted octanol–water partition coefficient (Wildman–Crippen LogP) is 5.62. The summed E-state index contributed by atoms with van der Waals surface area (Å²) in [5.41, 5.74) is 14.9. The van der Waals surface area contributed by atoms with Crippen molar-refractivity contribution >= 4 is 8.78 Å². The largest absolute Gasteiger partial charge is 1.00 e. The third kappa shape index (κ3) is 6.68. The summed E-state index contributed by atoms with van der Waals surface area (Å²) < 4.78 is 3.97. The first-order chi connectivity index (χ1) is 20.9. The third-order valence-electron chi connectivity index (χ3n) is 9.90. The van der Waals surface area contributed by atoms with Gasteiger partial charge in [0.15, 0.2) is 0 Å². The van der Waals surface area contributed by atoms with Crippen LogP contribution in [0.2, 0.25) is 0 Å². The Balaban J connectivity index is 0.00000240. The molecule has 1 unspecified atom stereocenters. The van der Waals surface area contributed by atoms with Crippen molar-refractivity contribution in [3.05, 3.63) is 145 Å². The van der Waals surface area contributed by atoms with Crippen molar-refractivity contribution in [3.8, 4) is 11.1 Å². The van der Waals surface area contributed by atoms with Crippen LogP contribution in [-0.4, -0.2) is 3.21 Å². The number of rotatable bonds is 5. The Bertz CT molecular complexity index is 1750. The zero-order chi connectivity index (χ0) is 31.4. The number of hydrogen-bond acceptors (Lipinski definition) is 0. The first-order valence-corrected chi connectivity index (χ1v) is 20.3. The number of halogens is 2. The standard InChI is InChI=1S/C21H25.C13H13.C9H10.2ClH.Zr/c1-20(2,3)16-9-7-14-11-15-8-10-17(21(4,5)6)13-19(15)18(14)12-16;1-10-8-11(2)13(9-10)12-6-4-3-5-7-12;1-2-6-9-7-4-3-5-8-9;;;/h7-13H,1-6H3;3-7,9-10H,1-2H3;3-5,7-8H,2H2,1H3;2*1H;/q;;;;;+2/p-2. The number of allylic oxidation sites excluding steroid dienone is 4. The Morgan fingerprint density at radius 3 is 1.61 bits per heavy atom. The molecule has 0 radical (unpaired) electrons. The fourth-order valence-electron chi connectivity index (χ4n) is 7.50. The molecule has 1 atom stereocenters. The minimum absolute atomic E-state index is 0. The fourth-order valence-corrected chi connectivity index (χ4v) is 17.5. The Hall–Kier alpha value is -2.31. The molecule has 238 valence electrons. The van der Waals surface area contributed by atoms with Crippen LogP contribution in [0.1, 0.15) is 106 Å². The summed E-state index contributed by atoms with van der Waals surface area (Å²) in [5, 5.41) is 0. The molecule has 0 aliphatic heterocycles. The summed E-state index contributed by atoms with van der Waals surface area (Å²) in [5.74, 6) is 0.445. The second-order valence-corrected chi connectivity index (χ2v) is 21.2. The van der Waals surface area contributed by atoms with E-state index in [1.165, 1.54) is 44.5 Å². The van der Waals surface area contributed by atoms with Crippen LogP contribution in [0.3, 0.4) is 0 Å². The second-order valence-electron chi connectivity index (χ2n) is 14.9.